The van der Waals surface area contributed by atoms with Gasteiger partial charge in [-0.3, -0.25) is 29.4 Å². The van der Waals surface area contributed by atoms with Crippen LogP contribution in [0.1, 0.15) is 33.6 Å². The second-order valence-electron chi connectivity index (χ2n) is 5.98. The molecule has 25 heavy (non-hydrogen) atoms. The molecule has 5 N–H and O–H groups in total. The highest BCUT2D eigenvalue weighted by atomic mass is 16.3. The zero-order valence-electron chi connectivity index (χ0n) is 13.3. The summed E-state index contributed by atoms with van der Waals surface area (Å²) in [5.41, 5.74) is 6.28. The van der Waals surface area contributed by atoms with Crippen LogP contribution < -0.4 is 16.4 Å². The summed E-state index contributed by atoms with van der Waals surface area (Å²) in [5.74, 6) is -2.18. The van der Waals surface area contributed by atoms with Crippen molar-refractivity contribution < 1.29 is 24.3 Å². The predicted octanol–water partition coefficient (Wildman–Crippen LogP) is -1.18. The van der Waals surface area contributed by atoms with Crippen molar-refractivity contribution >= 4 is 29.3 Å². The van der Waals surface area contributed by atoms with Gasteiger partial charge in [0.1, 0.15) is 6.04 Å². The molecule has 9 nitrogen and oxygen atoms in total. The number of imide groups is 2. The Morgan fingerprint density at radius 2 is 1.96 bits per heavy atom. The first kappa shape index (κ1) is 17.1. The van der Waals surface area contributed by atoms with Crippen molar-refractivity contribution in [3.63, 3.8) is 0 Å². The summed E-state index contributed by atoms with van der Waals surface area (Å²) in [5, 5.41) is 14.6. The summed E-state index contributed by atoms with van der Waals surface area (Å²) in [6.45, 7) is 0.299. The lowest BCUT2D eigenvalue weighted by molar-refractivity contribution is -0.136. The Hall–Kier alpha value is -2.78. The molecule has 132 valence electrons. The molecule has 0 aromatic heterocycles. The van der Waals surface area contributed by atoms with Crippen molar-refractivity contribution in [1.29, 1.82) is 0 Å². The zero-order valence-corrected chi connectivity index (χ0v) is 13.3. The summed E-state index contributed by atoms with van der Waals surface area (Å²) >= 11 is 0. The molecule has 1 aromatic rings. The van der Waals surface area contributed by atoms with Crippen LogP contribution >= 0.6 is 0 Å². The molecule has 1 aromatic carbocycles. The van der Waals surface area contributed by atoms with Gasteiger partial charge in [0.25, 0.3) is 11.8 Å². The van der Waals surface area contributed by atoms with Crippen LogP contribution in [0.5, 0.6) is 0 Å². The molecule has 1 saturated heterocycles. The van der Waals surface area contributed by atoms with Crippen molar-refractivity contribution in [2.75, 3.05) is 18.4 Å². The lowest BCUT2D eigenvalue weighted by Crippen LogP contribution is -2.54. The maximum Gasteiger partial charge on any atom is 0.262 e. The largest absolute Gasteiger partial charge is 0.390 e. The number of hydrogen-bond acceptors (Lipinski definition) is 7. The van der Waals surface area contributed by atoms with Crippen molar-refractivity contribution in [3.8, 4) is 0 Å². The number of benzene rings is 1. The number of piperidine rings is 1. The number of aliphatic hydroxyl groups excluding tert-OH is 1. The summed E-state index contributed by atoms with van der Waals surface area (Å²) in [6.07, 6.45) is -0.539. The van der Waals surface area contributed by atoms with E-state index in [9.17, 15) is 24.3 Å². The molecule has 0 bridgehead atoms. The number of fused-ring (bicyclic) bond motifs is 1. The predicted molar refractivity (Wildman–Crippen MR) is 86.7 cm³/mol. The topological polar surface area (TPSA) is 142 Å². The lowest BCUT2D eigenvalue weighted by Gasteiger charge is -2.27. The number of amides is 4. The summed E-state index contributed by atoms with van der Waals surface area (Å²) < 4.78 is 0. The van der Waals surface area contributed by atoms with Crippen LogP contribution in [-0.2, 0) is 9.59 Å². The van der Waals surface area contributed by atoms with E-state index in [1.807, 2.05) is 0 Å². The van der Waals surface area contributed by atoms with E-state index in [1.165, 1.54) is 12.1 Å². The van der Waals surface area contributed by atoms with E-state index in [2.05, 4.69) is 10.6 Å². The first-order valence-corrected chi connectivity index (χ1v) is 7.90. The Labute approximate surface area is 143 Å². The van der Waals surface area contributed by atoms with Gasteiger partial charge in [-0.05, 0) is 24.6 Å². The second-order valence-corrected chi connectivity index (χ2v) is 5.98. The second kappa shape index (κ2) is 6.61. The summed E-state index contributed by atoms with van der Waals surface area (Å²) in [7, 11) is 0. The van der Waals surface area contributed by atoms with E-state index in [-0.39, 0.29) is 37.1 Å². The van der Waals surface area contributed by atoms with Gasteiger partial charge in [-0.15, -0.1) is 0 Å². The van der Waals surface area contributed by atoms with E-state index < -0.39 is 35.8 Å². The minimum Gasteiger partial charge on any atom is -0.390 e. The smallest absolute Gasteiger partial charge is 0.262 e. The van der Waals surface area contributed by atoms with Crippen molar-refractivity contribution in [2.24, 2.45) is 5.73 Å². The van der Waals surface area contributed by atoms with Crippen LogP contribution in [0.2, 0.25) is 0 Å². The van der Waals surface area contributed by atoms with Gasteiger partial charge in [-0.2, -0.15) is 0 Å². The Morgan fingerprint density at radius 3 is 2.64 bits per heavy atom. The van der Waals surface area contributed by atoms with Crippen LogP contribution in [0, 0.1) is 0 Å². The SMILES string of the molecule is NCC(O)CNc1ccc2c(c1)C(=O)N(C1CCC(=O)NC1=O)C2=O. The summed E-state index contributed by atoms with van der Waals surface area (Å²) in [6, 6.07) is 3.63. The molecule has 1 fully saturated rings. The molecule has 9 heteroatoms. The quantitative estimate of drug-likeness (QED) is 0.492. The normalized spacial score (nSPS) is 21.2. The minimum absolute atomic E-state index is 0.0770. The fourth-order valence-electron chi connectivity index (χ4n) is 2.90. The highest BCUT2D eigenvalue weighted by Crippen LogP contribution is 2.29. The van der Waals surface area contributed by atoms with Crippen LogP contribution in [0.3, 0.4) is 0 Å². The lowest BCUT2D eigenvalue weighted by atomic mass is 10.0. The molecule has 2 aliphatic heterocycles. The van der Waals surface area contributed by atoms with E-state index >= 15 is 0 Å². The number of anilines is 1. The summed E-state index contributed by atoms with van der Waals surface area (Å²) in [4.78, 5) is 49.3. The molecule has 2 aliphatic rings. The van der Waals surface area contributed by atoms with E-state index in [1.54, 1.807) is 6.07 Å². The van der Waals surface area contributed by atoms with Crippen LogP contribution in [0.15, 0.2) is 18.2 Å². The molecule has 0 spiro atoms. The third-order valence-electron chi connectivity index (χ3n) is 4.25. The zero-order chi connectivity index (χ0) is 18.1. The minimum atomic E-state index is -0.986. The molecule has 4 amide bonds. The van der Waals surface area contributed by atoms with Crippen molar-refractivity contribution in [3.05, 3.63) is 29.3 Å². The molecule has 2 atom stereocenters. The van der Waals surface area contributed by atoms with E-state index in [4.69, 9.17) is 5.73 Å². The highest BCUT2D eigenvalue weighted by molar-refractivity contribution is 6.23. The molecule has 0 aliphatic carbocycles. The third kappa shape index (κ3) is 3.11. The van der Waals surface area contributed by atoms with Gasteiger partial charge in [0.2, 0.25) is 11.8 Å². The molecule has 0 saturated carbocycles. The first-order valence-electron chi connectivity index (χ1n) is 7.90. The molecule has 3 rings (SSSR count). The maximum absolute atomic E-state index is 12.6. The average molecular weight is 346 g/mol. The number of rotatable bonds is 5. The van der Waals surface area contributed by atoms with Crippen LogP contribution in [-0.4, -0.2) is 58.9 Å². The number of carbonyl (C=O) groups is 4. The average Bonchev–Trinajstić information content (AvgIpc) is 2.84. The molecular weight excluding hydrogens is 328 g/mol. The fraction of sp³-hybridized carbons (Fsp3) is 0.375. The van der Waals surface area contributed by atoms with Gasteiger partial charge in [0, 0.05) is 25.2 Å². The Balaban J connectivity index is 1.82. The van der Waals surface area contributed by atoms with Crippen LogP contribution in [0.25, 0.3) is 0 Å². The van der Waals surface area contributed by atoms with Crippen molar-refractivity contribution in [2.45, 2.75) is 25.0 Å². The van der Waals surface area contributed by atoms with Crippen LogP contribution in [0.4, 0.5) is 5.69 Å². The Morgan fingerprint density at radius 1 is 1.24 bits per heavy atom. The Kier molecular flexibility index (Phi) is 4.51. The first-order chi connectivity index (χ1) is 11.9. The standard InChI is InChI=1S/C16H18N4O5/c17-6-9(21)7-18-8-1-2-10-11(5-8)16(25)20(15(10)24)12-3-4-13(22)19-14(12)23/h1-2,5,9,12,18,21H,3-4,6-7,17H2,(H,19,22,23). The van der Waals surface area contributed by atoms with Crippen molar-refractivity contribution in [1.82, 2.24) is 10.2 Å². The number of nitrogens with one attached hydrogen (secondary N) is 2. The monoisotopic (exact) mass is 346 g/mol. The van der Waals surface area contributed by atoms with Gasteiger partial charge < -0.3 is 16.2 Å². The molecule has 2 heterocycles. The van der Waals surface area contributed by atoms with Gasteiger partial charge in [0.15, 0.2) is 0 Å². The number of hydrogen-bond donors (Lipinski definition) is 4. The van der Waals surface area contributed by atoms with Gasteiger partial charge in [-0.25, -0.2) is 0 Å². The number of aliphatic hydroxyl groups is 1. The Bertz CT molecular complexity index is 763. The third-order valence-corrected chi connectivity index (χ3v) is 4.25. The molecular formula is C16H18N4O5. The fourth-order valence-corrected chi connectivity index (χ4v) is 2.90. The van der Waals surface area contributed by atoms with Gasteiger partial charge >= 0.3 is 0 Å². The number of nitrogens with zero attached hydrogens (tertiary/aromatic N) is 1. The molecule has 2 unspecified atom stereocenters. The highest BCUT2D eigenvalue weighted by Gasteiger charge is 2.44. The number of nitrogens with two attached hydrogens (primary N) is 1. The molecule has 0 radical (unpaired) electrons. The van der Waals surface area contributed by atoms with Gasteiger partial charge in [-0.1, -0.05) is 0 Å². The van der Waals surface area contributed by atoms with E-state index in [0.29, 0.717) is 5.69 Å². The van der Waals surface area contributed by atoms with Gasteiger partial charge in [0.05, 0.1) is 17.2 Å². The maximum atomic E-state index is 12.6. The number of carbonyl (C=O) groups excluding carboxylic acids is 4. The van der Waals surface area contributed by atoms with E-state index in [0.717, 1.165) is 4.90 Å².